The fourth-order valence-electron chi connectivity index (χ4n) is 3.26. The van der Waals surface area contributed by atoms with Gasteiger partial charge in [0.05, 0.1) is 5.69 Å². The van der Waals surface area contributed by atoms with Crippen molar-refractivity contribution in [3.05, 3.63) is 93.6 Å². The molecular weight excluding hydrogens is 422 g/mol. The number of fused-ring (bicyclic) bond motifs is 1. The summed E-state index contributed by atoms with van der Waals surface area (Å²) in [5.74, 6) is 1.06. The summed E-state index contributed by atoms with van der Waals surface area (Å²) in [7, 11) is 0. The van der Waals surface area contributed by atoms with E-state index in [1.165, 1.54) is 16.2 Å². The highest BCUT2D eigenvalue weighted by Gasteiger charge is 2.14. The van der Waals surface area contributed by atoms with Gasteiger partial charge in [-0.05, 0) is 54.3 Å². The van der Waals surface area contributed by atoms with E-state index in [2.05, 4.69) is 31.1 Å². The van der Waals surface area contributed by atoms with Crippen molar-refractivity contribution < 1.29 is 9.32 Å². The molecule has 0 unspecified atom stereocenters. The number of carbonyl (C=O) groups is 1. The zero-order valence-corrected chi connectivity index (χ0v) is 19.3. The minimum absolute atomic E-state index is 0.0509. The first-order valence-corrected chi connectivity index (χ1v) is 11.3. The number of thioether (sulfide) groups is 1. The highest BCUT2D eigenvalue weighted by Crippen LogP contribution is 2.25. The lowest BCUT2D eigenvalue weighted by Gasteiger charge is -2.19. The molecule has 7 heteroatoms. The van der Waals surface area contributed by atoms with Crippen molar-refractivity contribution in [3.8, 4) is 0 Å². The summed E-state index contributed by atoms with van der Waals surface area (Å²) in [6, 6.07) is 18.6. The molecule has 0 fully saturated rings. The van der Waals surface area contributed by atoms with Crippen LogP contribution in [0.15, 0.2) is 74.9 Å². The average Bonchev–Trinajstić information content (AvgIpc) is 3.13. The number of hydrogen-bond donors (Lipinski definition) is 1. The SMILES string of the molecule is Cc1cc2nc(CSc3ccc(NC(=O)c4ccc(C(C)(C)C)cc4)cc3)cc(=O)n2o1. The van der Waals surface area contributed by atoms with Gasteiger partial charge >= 0.3 is 0 Å². The number of carbonyl (C=O) groups excluding carboxylic acids is 1. The molecule has 0 aliphatic rings. The Labute approximate surface area is 190 Å². The first-order valence-electron chi connectivity index (χ1n) is 10.3. The number of aryl methyl sites for hydroxylation is 1. The number of rotatable bonds is 5. The minimum atomic E-state index is -0.229. The topological polar surface area (TPSA) is 76.6 Å². The number of nitrogens with zero attached hydrogens (tertiary/aromatic N) is 2. The Morgan fingerprint density at radius 3 is 2.41 bits per heavy atom. The molecule has 0 saturated carbocycles. The summed E-state index contributed by atoms with van der Waals surface area (Å²) in [6.45, 7) is 8.22. The van der Waals surface area contributed by atoms with Gasteiger partial charge in [-0.2, -0.15) is 0 Å². The van der Waals surface area contributed by atoms with Gasteiger partial charge in [0.15, 0.2) is 5.65 Å². The van der Waals surface area contributed by atoms with E-state index in [9.17, 15) is 9.59 Å². The highest BCUT2D eigenvalue weighted by molar-refractivity contribution is 7.98. The number of amides is 1. The average molecular weight is 448 g/mol. The van der Waals surface area contributed by atoms with Gasteiger partial charge in [-0.3, -0.25) is 9.59 Å². The molecule has 1 N–H and O–H groups in total. The Bertz CT molecular complexity index is 1310. The molecule has 0 atom stereocenters. The van der Waals surface area contributed by atoms with Gasteiger partial charge in [0.25, 0.3) is 11.5 Å². The smallest absolute Gasteiger partial charge is 0.287 e. The van der Waals surface area contributed by atoms with E-state index in [1.54, 1.807) is 24.8 Å². The Hall–Kier alpha value is -3.32. The number of aromatic nitrogens is 2. The second kappa shape index (κ2) is 8.67. The van der Waals surface area contributed by atoms with Gasteiger partial charge in [-0.15, -0.1) is 16.3 Å². The summed E-state index contributed by atoms with van der Waals surface area (Å²) < 4.78 is 6.51. The van der Waals surface area contributed by atoms with Gasteiger partial charge in [-0.1, -0.05) is 32.9 Å². The molecule has 0 aliphatic heterocycles. The standard InChI is InChI=1S/C25H25N3O3S/c1-16-13-22-26-20(14-23(29)28(22)31-16)15-32-21-11-9-19(10-12-21)27-24(30)17-5-7-18(8-6-17)25(2,3)4/h5-14H,15H2,1-4H3,(H,27,30). The van der Waals surface area contributed by atoms with Crippen molar-refractivity contribution in [2.45, 2.75) is 43.8 Å². The van der Waals surface area contributed by atoms with Crippen LogP contribution >= 0.6 is 11.8 Å². The predicted molar refractivity (Wildman–Crippen MR) is 128 cm³/mol. The predicted octanol–water partition coefficient (Wildman–Crippen LogP) is 5.44. The van der Waals surface area contributed by atoms with Crippen molar-refractivity contribution in [2.24, 2.45) is 0 Å². The van der Waals surface area contributed by atoms with E-state index in [1.807, 2.05) is 48.5 Å². The zero-order valence-electron chi connectivity index (χ0n) is 18.5. The van der Waals surface area contributed by atoms with Crippen LogP contribution in [0.1, 0.15) is 48.1 Å². The molecule has 4 aromatic rings. The maximum Gasteiger partial charge on any atom is 0.287 e. The summed E-state index contributed by atoms with van der Waals surface area (Å²) in [5.41, 5.74) is 3.57. The molecule has 164 valence electrons. The van der Waals surface area contributed by atoms with Crippen molar-refractivity contribution >= 4 is 29.0 Å². The summed E-state index contributed by atoms with van der Waals surface area (Å²) in [4.78, 5) is 30.2. The second-order valence-corrected chi connectivity index (χ2v) is 9.73. The van der Waals surface area contributed by atoms with Crippen molar-refractivity contribution in [2.75, 3.05) is 5.32 Å². The molecule has 6 nitrogen and oxygen atoms in total. The van der Waals surface area contributed by atoms with E-state index in [-0.39, 0.29) is 16.9 Å². The van der Waals surface area contributed by atoms with Crippen LogP contribution in [0.3, 0.4) is 0 Å². The fraction of sp³-hybridized carbons (Fsp3) is 0.240. The Kier molecular flexibility index (Phi) is 5.93. The van der Waals surface area contributed by atoms with Gasteiger partial charge in [0.2, 0.25) is 0 Å². The van der Waals surface area contributed by atoms with Crippen LogP contribution in [0.2, 0.25) is 0 Å². The lowest BCUT2D eigenvalue weighted by atomic mass is 9.87. The molecule has 32 heavy (non-hydrogen) atoms. The maximum absolute atomic E-state index is 12.5. The number of nitrogens with one attached hydrogen (secondary N) is 1. The van der Waals surface area contributed by atoms with Crippen LogP contribution < -0.4 is 10.9 Å². The van der Waals surface area contributed by atoms with E-state index in [0.717, 1.165) is 10.6 Å². The molecule has 2 heterocycles. The molecule has 0 radical (unpaired) electrons. The van der Waals surface area contributed by atoms with Crippen molar-refractivity contribution in [3.63, 3.8) is 0 Å². The maximum atomic E-state index is 12.5. The zero-order chi connectivity index (χ0) is 22.9. The Morgan fingerprint density at radius 1 is 1.06 bits per heavy atom. The Morgan fingerprint density at radius 2 is 1.75 bits per heavy atom. The third-order valence-electron chi connectivity index (χ3n) is 5.04. The number of benzene rings is 2. The first kappa shape index (κ1) is 21.9. The van der Waals surface area contributed by atoms with Crippen LogP contribution in [0.4, 0.5) is 5.69 Å². The van der Waals surface area contributed by atoms with E-state index >= 15 is 0 Å². The number of hydrogen-bond acceptors (Lipinski definition) is 5. The first-order chi connectivity index (χ1) is 15.2. The van der Waals surface area contributed by atoms with Gasteiger partial charge in [0.1, 0.15) is 5.76 Å². The second-order valence-electron chi connectivity index (χ2n) is 8.68. The number of anilines is 1. The highest BCUT2D eigenvalue weighted by atomic mass is 32.2. The van der Waals surface area contributed by atoms with Gasteiger partial charge < -0.3 is 9.84 Å². The van der Waals surface area contributed by atoms with Gasteiger partial charge in [0, 0.05) is 34.0 Å². The van der Waals surface area contributed by atoms with Crippen molar-refractivity contribution in [1.82, 2.24) is 9.56 Å². The van der Waals surface area contributed by atoms with Crippen LogP contribution in [0.25, 0.3) is 5.65 Å². The molecular formula is C25H25N3O3S. The third kappa shape index (κ3) is 4.94. The molecule has 0 spiro atoms. The molecule has 0 aliphatic carbocycles. The largest absolute Gasteiger partial charge is 0.375 e. The molecule has 0 bridgehead atoms. The molecule has 2 aromatic heterocycles. The fourth-order valence-corrected chi connectivity index (χ4v) is 4.06. The van der Waals surface area contributed by atoms with Gasteiger partial charge in [-0.25, -0.2) is 4.98 Å². The van der Waals surface area contributed by atoms with E-state index < -0.39 is 0 Å². The van der Waals surface area contributed by atoms with E-state index in [4.69, 9.17) is 4.52 Å². The molecule has 1 amide bonds. The molecule has 4 rings (SSSR count). The van der Waals surface area contributed by atoms with Crippen molar-refractivity contribution in [1.29, 1.82) is 0 Å². The third-order valence-corrected chi connectivity index (χ3v) is 6.08. The monoisotopic (exact) mass is 447 g/mol. The minimum Gasteiger partial charge on any atom is -0.375 e. The van der Waals surface area contributed by atoms with Crippen LogP contribution in [0, 0.1) is 6.92 Å². The Balaban J connectivity index is 1.38. The van der Waals surface area contributed by atoms with Crippen LogP contribution in [0.5, 0.6) is 0 Å². The molecule has 2 aromatic carbocycles. The summed E-state index contributed by atoms with van der Waals surface area (Å²) in [6.07, 6.45) is 0. The molecule has 0 saturated heterocycles. The summed E-state index contributed by atoms with van der Waals surface area (Å²) in [5, 5.41) is 2.93. The van der Waals surface area contributed by atoms with Crippen LogP contribution in [-0.2, 0) is 11.2 Å². The summed E-state index contributed by atoms with van der Waals surface area (Å²) >= 11 is 1.57. The normalized spacial score (nSPS) is 11.6. The van der Waals surface area contributed by atoms with Crippen LogP contribution in [-0.4, -0.2) is 15.5 Å². The lowest BCUT2D eigenvalue weighted by Crippen LogP contribution is -2.14. The lowest BCUT2D eigenvalue weighted by molar-refractivity contribution is 0.102. The van der Waals surface area contributed by atoms with E-state index in [0.29, 0.717) is 28.4 Å². The quantitative estimate of drug-likeness (QED) is 0.412.